The van der Waals surface area contributed by atoms with Gasteiger partial charge in [-0.1, -0.05) is 6.07 Å². The van der Waals surface area contributed by atoms with Gasteiger partial charge in [0.05, 0.1) is 24.3 Å². The normalized spacial score (nSPS) is 11.6. The Morgan fingerprint density at radius 3 is 2.54 bits per heavy atom. The predicted molar refractivity (Wildman–Crippen MR) is 97.3 cm³/mol. The van der Waals surface area contributed by atoms with Crippen molar-refractivity contribution < 1.29 is 18.0 Å². The quantitative estimate of drug-likeness (QED) is 0.627. The third-order valence-electron chi connectivity index (χ3n) is 4.55. The lowest BCUT2D eigenvalue weighted by molar-refractivity contribution is -0.138. The Morgan fingerprint density at radius 2 is 1.89 bits per heavy atom. The second kappa shape index (κ2) is 7.46. The topological polar surface area (TPSA) is 56.9 Å². The van der Waals surface area contributed by atoms with Crippen molar-refractivity contribution in [1.82, 2.24) is 14.1 Å². The molecule has 0 bridgehead atoms. The van der Waals surface area contributed by atoms with E-state index in [1.807, 2.05) is 23.6 Å². The monoisotopic (exact) mass is 389 g/mol. The molecule has 0 radical (unpaired) electrons. The van der Waals surface area contributed by atoms with Gasteiger partial charge in [0.2, 0.25) is 0 Å². The summed E-state index contributed by atoms with van der Waals surface area (Å²) in [6.07, 6.45) is -2.24. The van der Waals surface area contributed by atoms with E-state index in [0.29, 0.717) is 30.1 Å². The van der Waals surface area contributed by atoms with Crippen molar-refractivity contribution in [3.63, 3.8) is 0 Å². The van der Waals surface area contributed by atoms with Gasteiger partial charge in [0, 0.05) is 35.4 Å². The maximum absolute atomic E-state index is 12.9. The first-order valence-corrected chi connectivity index (χ1v) is 8.54. The van der Waals surface area contributed by atoms with E-state index in [0.717, 1.165) is 22.0 Å². The Balaban J connectivity index is 1.88. The van der Waals surface area contributed by atoms with Crippen LogP contribution >= 0.6 is 0 Å². The molecule has 0 aliphatic heterocycles. The van der Waals surface area contributed by atoms with Crippen molar-refractivity contribution in [3.8, 4) is 0 Å². The molecule has 28 heavy (non-hydrogen) atoms. The highest BCUT2D eigenvalue weighted by atomic mass is 19.4. The number of aryl methyl sites for hydroxylation is 1. The highest BCUT2D eigenvalue weighted by Gasteiger charge is 2.31. The minimum Gasteiger partial charge on any atom is -0.343 e. The number of carbonyl (C=O) groups excluding carboxylic acids is 1. The number of hydrogen-bond donors (Lipinski definition) is 0. The van der Waals surface area contributed by atoms with Crippen molar-refractivity contribution >= 4 is 5.78 Å². The fourth-order valence-electron chi connectivity index (χ4n) is 3.04. The average Bonchev–Trinajstić information content (AvgIpc) is 2.92. The zero-order chi connectivity index (χ0) is 20.5. The molecule has 3 aromatic heterocycles. The maximum Gasteiger partial charge on any atom is 0.417 e. The Kier molecular flexibility index (Phi) is 5.22. The summed E-state index contributed by atoms with van der Waals surface area (Å²) in [4.78, 5) is 28.9. The van der Waals surface area contributed by atoms with Crippen LogP contribution in [-0.2, 0) is 19.3 Å². The van der Waals surface area contributed by atoms with Crippen molar-refractivity contribution in [2.75, 3.05) is 0 Å². The molecule has 0 fully saturated rings. The number of pyridine rings is 2. The van der Waals surface area contributed by atoms with Crippen LogP contribution < -0.4 is 5.56 Å². The lowest BCUT2D eigenvalue weighted by atomic mass is 10.1. The molecule has 8 heteroatoms. The van der Waals surface area contributed by atoms with Crippen LogP contribution in [0.4, 0.5) is 13.2 Å². The van der Waals surface area contributed by atoms with E-state index in [1.165, 1.54) is 0 Å². The summed E-state index contributed by atoms with van der Waals surface area (Å²) in [7, 11) is 0. The van der Waals surface area contributed by atoms with E-state index in [4.69, 9.17) is 0 Å². The zero-order valence-corrected chi connectivity index (χ0v) is 15.3. The van der Waals surface area contributed by atoms with Gasteiger partial charge in [0.1, 0.15) is 0 Å². The fraction of sp³-hybridized carbons (Fsp3) is 0.250. The van der Waals surface area contributed by atoms with Crippen molar-refractivity contribution in [1.29, 1.82) is 0 Å². The molecule has 0 aliphatic rings. The van der Waals surface area contributed by atoms with E-state index in [-0.39, 0.29) is 0 Å². The first-order valence-electron chi connectivity index (χ1n) is 8.54. The molecule has 3 aromatic rings. The number of carbonyl (C=O) groups is 1. The summed E-state index contributed by atoms with van der Waals surface area (Å²) >= 11 is 0. The molecule has 3 heterocycles. The summed E-state index contributed by atoms with van der Waals surface area (Å²) in [5.41, 5.74) is 1.05. The van der Waals surface area contributed by atoms with Crippen LogP contribution in [0.1, 0.15) is 33.0 Å². The molecule has 0 spiro atoms. The molecule has 0 unspecified atom stereocenters. The standard InChI is InChI=1S/C20H18F3N3O2/c1-13-9-17(14(2)26(13)11-16-5-3-4-8-24-16)18(27)12-25-10-15(20(21,22)23)6-7-19(25)28/h3-10H,11-12H2,1-2H3. The highest BCUT2D eigenvalue weighted by Crippen LogP contribution is 2.28. The Bertz CT molecular complexity index is 1070. The number of rotatable bonds is 5. The van der Waals surface area contributed by atoms with Crippen molar-refractivity contribution in [3.05, 3.63) is 87.4 Å². The highest BCUT2D eigenvalue weighted by molar-refractivity contribution is 5.97. The maximum atomic E-state index is 12.9. The molecular formula is C20H18F3N3O2. The number of aromatic nitrogens is 3. The first kappa shape index (κ1) is 19.6. The largest absolute Gasteiger partial charge is 0.417 e. The second-order valence-electron chi connectivity index (χ2n) is 6.50. The molecule has 0 N–H and O–H groups in total. The SMILES string of the molecule is Cc1cc(C(=O)Cn2cc(C(F)(F)F)ccc2=O)c(C)n1Cc1ccccn1. The molecular weight excluding hydrogens is 371 g/mol. The smallest absolute Gasteiger partial charge is 0.343 e. The second-order valence-corrected chi connectivity index (χ2v) is 6.50. The fourth-order valence-corrected chi connectivity index (χ4v) is 3.04. The summed E-state index contributed by atoms with van der Waals surface area (Å²) < 4.78 is 41.3. The van der Waals surface area contributed by atoms with Gasteiger partial charge in [0.25, 0.3) is 5.56 Å². The van der Waals surface area contributed by atoms with Gasteiger partial charge in [-0.25, -0.2) is 0 Å². The molecule has 146 valence electrons. The Hall–Kier alpha value is -3.16. The van der Waals surface area contributed by atoms with Gasteiger partial charge < -0.3 is 9.13 Å². The number of halogens is 3. The van der Waals surface area contributed by atoms with E-state index in [9.17, 15) is 22.8 Å². The lowest BCUT2D eigenvalue weighted by Crippen LogP contribution is -2.25. The van der Waals surface area contributed by atoms with Gasteiger partial charge >= 0.3 is 6.18 Å². The molecule has 0 aliphatic carbocycles. The van der Waals surface area contributed by atoms with Crippen molar-refractivity contribution in [2.24, 2.45) is 0 Å². The lowest BCUT2D eigenvalue weighted by Gasteiger charge is -2.11. The van der Waals surface area contributed by atoms with Crippen LogP contribution in [0.5, 0.6) is 0 Å². The van der Waals surface area contributed by atoms with Gasteiger partial charge in [-0.05, 0) is 38.1 Å². The minimum atomic E-state index is -4.59. The number of Topliss-reactive ketones (excluding diaryl/α,β-unsaturated/α-hetero) is 1. The summed E-state index contributed by atoms with van der Waals surface area (Å²) in [6.45, 7) is 3.60. The van der Waals surface area contributed by atoms with Gasteiger partial charge in [-0.15, -0.1) is 0 Å². The van der Waals surface area contributed by atoms with Gasteiger partial charge in [-0.2, -0.15) is 13.2 Å². The van der Waals surface area contributed by atoms with Crippen LogP contribution in [0.15, 0.2) is 53.6 Å². The predicted octanol–water partition coefficient (Wildman–Crippen LogP) is 3.61. The molecule has 0 amide bonds. The van der Waals surface area contributed by atoms with Crippen LogP contribution in [0.3, 0.4) is 0 Å². The number of hydrogen-bond acceptors (Lipinski definition) is 3. The van der Waals surface area contributed by atoms with E-state index >= 15 is 0 Å². The van der Waals surface area contributed by atoms with Crippen LogP contribution in [0.25, 0.3) is 0 Å². The van der Waals surface area contributed by atoms with Crippen LogP contribution in [-0.4, -0.2) is 19.9 Å². The van der Waals surface area contributed by atoms with E-state index < -0.39 is 29.6 Å². The summed E-state index contributed by atoms with van der Waals surface area (Å²) in [5.74, 6) is -0.429. The molecule has 0 saturated heterocycles. The van der Waals surface area contributed by atoms with Crippen LogP contribution in [0.2, 0.25) is 0 Å². The Morgan fingerprint density at radius 1 is 1.14 bits per heavy atom. The molecule has 0 atom stereocenters. The minimum absolute atomic E-state index is 0.373. The zero-order valence-electron chi connectivity index (χ0n) is 15.3. The van der Waals surface area contributed by atoms with Gasteiger partial charge in [-0.3, -0.25) is 14.6 Å². The number of ketones is 1. The van der Waals surface area contributed by atoms with Gasteiger partial charge in [0.15, 0.2) is 5.78 Å². The number of nitrogens with zero attached hydrogens (tertiary/aromatic N) is 3. The molecule has 3 rings (SSSR count). The molecule has 5 nitrogen and oxygen atoms in total. The number of alkyl halides is 3. The Labute approximate surface area is 159 Å². The van der Waals surface area contributed by atoms with Crippen LogP contribution in [0, 0.1) is 13.8 Å². The van der Waals surface area contributed by atoms with E-state index in [2.05, 4.69) is 4.98 Å². The van der Waals surface area contributed by atoms with Crippen molar-refractivity contribution in [2.45, 2.75) is 33.1 Å². The third-order valence-corrected chi connectivity index (χ3v) is 4.55. The summed E-state index contributed by atoms with van der Waals surface area (Å²) in [5, 5.41) is 0. The third kappa shape index (κ3) is 4.05. The average molecular weight is 389 g/mol. The molecule has 0 saturated carbocycles. The van der Waals surface area contributed by atoms with E-state index in [1.54, 1.807) is 25.3 Å². The summed E-state index contributed by atoms with van der Waals surface area (Å²) in [6, 6.07) is 8.74. The first-order chi connectivity index (χ1) is 13.2. The molecule has 0 aromatic carbocycles.